The summed E-state index contributed by atoms with van der Waals surface area (Å²) in [6, 6.07) is 2.89. The smallest absolute Gasteiger partial charge is 0.163 e. The summed E-state index contributed by atoms with van der Waals surface area (Å²) in [6.45, 7) is 1.72. The molecule has 1 rings (SSSR count). The quantitative estimate of drug-likeness (QED) is 0.782. The minimum atomic E-state index is -0.979. The van der Waals surface area contributed by atoms with Crippen LogP contribution >= 0.6 is 0 Å². The van der Waals surface area contributed by atoms with Gasteiger partial charge in [0.15, 0.2) is 11.6 Å². The Labute approximate surface area is 81.4 Å². The molecule has 78 valence electrons. The minimum Gasteiger partial charge on any atom is -0.391 e. The number of aliphatic hydroxyl groups is 1. The van der Waals surface area contributed by atoms with Crippen LogP contribution in [0.3, 0.4) is 0 Å². The molecule has 2 atom stereocenters. The number of nitrogens with two attached hydrogens (primary N) is 1. The Balaban J connectivity index is 3.01. The Hall–Kier alpha value is -1.00. The lowest BCUT2D eigenvalue weighted by molar-refractivity contribution is 0.139. The first-order valence-electron chi connectivity index (χ1n) is 4.45. The van der Waals surface area contributed by atoms with Gasteiger partial charge in [0.05, 0.1) is 12.1 Å². The Kier molecular flexibility index (Phi) is 3.55. The molecular formula is C10H13F2NO. The highest BCUT2D eigenvalue weighted by molar-refractivity contribution is 5.23. The van der Waals surface area contributed by atoms with Gasteiger partial charge in [0, 0.05) is 5.56 Å². The molecule has 0 amide bonds. The summed E-state index contributed by atoms with van der Waals surface area (Å²) in [5, 5.41) is 9.38. The van der Waals surface area contributed by atoms with Crippen molar-refractivity contribution in [3.63, 3.8) is 0 Å². The van der Waals surface area contributed by atoms with Gasteiger partial charge in [0.1, 0.15) is 0 Å². The van der Waals surface area contributed by atoms with Crippen molar-refractivity contribution < 1.29 is 13.9 Å². The average Bonchev–Trinajstić information content (AvgIpc) is 2.20. The third-order valence-corrected chi connectivity index (χ3v) is 2.17. The number of halogens is 2. The van der Waals surface area contributed by atoms with Crippen LogP contribution in [0.5, 0.6) is 0 Å². The summed E-state index contributed by atoms with van der Waals surface area (Å²) in [5.74, 6) is -1.92. The van der Waals surface area contributed by atoms with E-state index < -0.39 is 23.8 Å². The van der Waals surface area contributed by atoms with E-state index in [0.29, 0.717) is 6.42 Å². The Morgan fingerprint density at radius 2 is 2.07 bits per heavy atom. The van der Waals surface area contributed by atoms with E-state index >= 15 is 0 Å². The van der Waals surface area contributed by atoms with Crippen molar-refractivity contribution in [2.24, 2.45) is 5.73 Å². The SMILES string of the molecule is CC[C@H](O)[C@H](N)c1cccc(F)c1F. The Morgan fingerprint density at radius 3 is 2.64 bits per heavy atom. The number of aliphatic hydroxyl groups excluding tert-OH is 1. The lowest BCUT2D eigenvalue weighted by Gasteiger charge is -2.18. The van der Waals surface area contributed by atoms with Crippen molar-refractivity contribution in [3.8, 4) is 0 Å². The van der Waals surface area contributed by atoms with Crippen LogP contribution in [0.15, 0.2) is 18.2 Å². The van der Waals surface area contributed by atoms with Crippen LogP contribution < -0.4 is 5.73 Å². The molecule has 0 aliphatic heterocycles. The second kappa shape index (κ2) is 4.48. The van der Waals surface area contributed by atoms with Gasteiger partial charge in [0.2, 0.25) is 0 Å². The predicted octanol–water partition coefficient (Wildman–Crippen LogP) is 1.74. The van der Waals surface area contributed by atoms with Crippen molar-refractivity contribution in [2.45, 2.75) is 25.5 Å². The zero-order valence-electron chi connectivity index (χ0n) is 7.87. The van der Waals surface area contributed by atoms with Gasteiger partial charge < -0.3 is 10.8 Å². The van der Waals surface area contributed by atoms with Crippen LogP contribution in [0.2, 0.25) is 0 Å². The molecule has 0 fully saturated rings. The summed E-state index contributed by atoms with van der Waals surface area (Å²) in [5.41, 5.74) is 5.58. The first-order valence-corrected chi connectivity index (χ1v) is 4.45. The van der Waals surface area contributed by atoms with E-state index in [-0.39, 0.29) is 5.56 Å². The predicted molar refractivity (Wildman–Crippen MR) is 49.6 cm³/mol. The summed E-state index contributed by atoms with van der Waals surface area (Å²) in [4.78, 5) is 0. The molecule has 0 aliphatic carbocycles. The van der Waals surface area contributed by atoms with Gasteiger partial charge in [0.25, 0.3) is 0 Å². The second-order valence-electron chi connectivity index (χ2n) is 3.14. The molecule has 14 heavy (non-hydrogen) atoms. The molecule has 1 aromatic rings. The molecule has 2 nitrogen and oxygen atoms in total. The fourth-order valence-corrected chi connectivity index (χ4v) is 1.24. The third kappa shape index (κ3) is 2.08. The summed E-state index contributed by atoms with van der Waals surface area (Å²) >= 11 is 0. The number of hydrogen-bond donors (Lipinski definition) is 2. The molecule has 0 radical (unpaired) electrons. The van der Waals surface area contributed by atoms with Gasteiger partial charge in [-0.25, -0.2) is 8.78 Å². The summed E-state index contributed by atoms with van der Waals surface area (Å²) in [6.07, 6.45) is -0.455. The van der Waals surface area contributed by atoms with E-state index in [1.165, 1.54) is 12.1 Å². The Morgan fingerprint density at radius 1 is 1.43 bits per heavy atom. The maximum Gasteiger partial charge on any atom is 0.163 e. The van der Waals surface area contributed by atoms with Crippen LogP contribution in [-0.4, -0.2) is 11.2 Å². The number of benzene rings is 1. The molecule has 0 unspecified atom stereocenters. The zero-order valence-corrected chi connectivity index (χ0v) is 7.87. The van der Waals surface area contributed by atoms with Gasteiger partial charge in [-0.3, -0.25) is 0 Å². The van der Waals surface area contributed by atoms with Crippen molar-refractivity contribution in [1.29, 1.82) is 0 Å². The molecule has 0 aromatic heterocycles. The third-order valence-electron chi connectivity index (χ3n) is 2.17. The Bertz CT molecular complexity index is 317. The monoisotopic (exact) mass is 201 g/mol. The van der Waals surface area contributed by atoms with Gasteiger partial charge in [-0.05, 0) is 12.5 Å². The minimum absolute atomic E-state index is 0.0133. The van der Waals surface area contributed by atoms with Crippen molar-refractivity contribution >= 4 is 0 Å². The molecule has 0 bridgehead atoms. The molecule has 0 aliphatic rings. The van der Waals surface area contributed by atoms with Crippen LogP contribution in [0.25, 0.3) is 0 Å². The standard InChI is InChI=1S/C10H13F2NO/c1-2-8(14)10(13)6-4-3-5-7(11)9(6)12/h3-5,8,10,14H,2,13H2,1H3/t8-,10+/m0/s1. The van der Waals surface area contributed by atoms with E-state index in [2.05, 4.69) is 0 Å². The molecule has 3 N–H and O–H groups in total. The van der Waals surface area contributed by atoms with Gasteiger partial charge >= 0.3 is 0 Å². The van der Waals surface area contributed by atoms with E-state index in [1.54, 1.807) is 6.92 Å². The van der Waals surface area contributed by atoms with Gasteiger partial charge in [-0.15, -0.1) is 0 Å². The molecule has 0 heterocycles. The number of rotatable bonds is 3. The first kappa shape index (κ1) is 11.1. The molecular weight excluding hydrogens is 188 g/mol. The van der Waals surface area contributed by atoms with Crippen molar-refractivity contribution in [2.75, 3.05) is 0 Å². The van der Waals surface area contributed by atoms with Crippen molar-refractivity contribution in [3.05, 3.63) is 35.4 Å². The van der Waals surface area contributed by atoms with Crippen molar-refractivity contribution in [1.82, 2.24) is 0 Å². The number of hydrogen-bond acceptors (Lipinski definition) is 2. The maximum atomic E-state index is 13.2. The fourth-order valence-electron chi connectivity index (χ4n) is 1.24. The highest BCUT2D eigenvalue weighted by Gasteiger charge is 2.20. The second-order valence-corrected chi connectivity index (χ2v) is 3.14. The van der Waals surface area contributed by atoms with E-state index in [1.807, 2.05) is 0 Å². The maximum absolute atomic E-state index is 13.2. The van der Waals surface area contributed by atoms with Crippen LogP contribution in [0.4, 0.5) is 8.78 Å². The summed E-state index contributed by atoms with van der Waals surface area (Å²) < 4.78 is 26.0. The van der Waals surface area contributed by atoms with Crippen LogP contribution in [0, 0.1) is 11.6 Å². The van der Waals surface area contributed by atoms with Gasteiger partial charge in [-0.1, -0.05) is 19.1 Å². The molecule has 0 spiro atoms. The topological polar surface area (TPSA) is 46.2 Å². The van der Waals surface area contributed by atoms with Gasteiger partial charge in [-0.2, -0.15) is 0 Å². The largest absolute Gasteiger partial charge is 0.391 e. The normalized spacial score (nSPS) is 15.2. The summed E-state index contributed by atoms with van der Waals surface area (Å²) in [7, 11) is 0. The van der Waals surface area contributed by atoms with Crippen LogP contribution in [0.1, 0.15) is 24.9 Å². The first-order chi connectivity index (χ1) is 6.57. The average molecular weight is 201 g/mol. The van der Waals surface area contributed by atoms with E-state index in [0.717, 1.165) is 6.07 Å². The highest BCUT2D eigenvalue weighted by Crippen LogP contribution is 2.21. The zero-order chi connectivity index (χ0) is 10.7. The molecule has 4 heteroatoms. The molecule has 0 saturated heterocycles. The molecule has 1 aromatic carbocycles. The van der Waals surface area contributed by atoms with E-state index in [9.17, 15) is 13.9 Å². The lowest BCUT2D eigenvalue weighted by atomic mass is 10.00. The van der Waals surface area contributed by atoms with Crippen LogP contribution in [-0.2, 0) is 0 Å². The fraction of sp³-hybridized carbons (Fsp3) is 0.400. The van der Waals surface area contributed by atoms with E-state index in [4.69, 9.17) is 5.73 Å². The molecule has 0 saturated carbocycles. The lowest BCUT2D eigenvalue weighted by Crippen LogP contribution is -2.26. The highest BCUT2D eigenvalue weighted by atomic mass is 19.2.